The predicted octanol–water partition coefficient (Wildman–Crippen LogP) is 4.06. The summed E-state index contributed by atoms with van der Waals surface area (Å²) in [6.45, 7) is 6.33. The van der Waals surface area contributed by atoms with Crippen LogP contribution in [0.1, 0.15) is 16.8 Å². The van der Waals surface area contributed by atoms with Gasteiger partial charge in [0.1, 0.15) is 6.33 Å². The molecule has 132 valence electrons. The zero-order valence-corrected chi connectivity index (χ0v) is 15.4. The molecule has 1 aromatic carbocycles. The Labute approximate surface area is 156 Å². The first kappa shape index (κ1) is 15.7. The summed E-state index contributed by atoms with van der Waals surface area (Å²) in [7, 11) is 0. The van der Waals surface area contributed by atoms with Crippen LogP contribution in [0, 0.1) is 20.8 Å². The SMILES string of the molecule is Cc1cccc(-n2c(C)c(C)c3c2ncn2nc(-c4cccnc4)nc32)c1. The predicted molar refractivity (Wildman–Crippen MR) is 105 cm³/mol. The Balaban J connectivity index is 1.82. The fourth-order valence-electron chi connectivity index (χ4n) is 3.56. The standard InChI is InChI=1S/C21H18N6/c1-13-6-4-8-17(10-13)27-15(3)14(2)18-20(27)23-12-26-21(18)24-19(25-26)16-7-5-9-22-11-16/h4-12H,1-3H3. The first-order valence-corrected chi connectivity index (χ1v) is 8.84. The summed E-state index contributed by atoms with van der Waals surface area (Å²) < 4.78 is 3.94. The second-order valence-corrected chi connectivity index (χ2v) is 6.77. The van der Waals surface area contributed by atoms with Crippen LogP contribution in [0.2, 0.25) is 0 Å². The maximum absolute atomic E-state index is 4.80. The third-order valence-electron chi connectivity index (χ3n) is 5.01. The monoisotopic (exact) mass is 354 g/mol. The maximum Gasteiger partial charge on any atom is 0.183 e. The van der Waals surface area contributed by atoms with E-state index in [1.165, 1.54) is 5.56 Å². The fraction of sp³-hybridized carbons (Fsp3) is 0.143. The summed E-state index contributed by atoms with van der Waals surface area (Å²) in [5, 5.41) is 5.62. The Morgan fingerprint density at radius 3 is 2.63 bits per heavy atom. The molecule has 27 heavy (non-hydrogen) atoms. The molecule has 4 aromatic heterocycles. The molecule has 0 fully saturated rings. The molecular weight excluding hydrogens is 336 g/mol. The van der Waals surface area contributed by atoms with Crippen LogP contribution in [0.25, 0.3) is 33.8 Å². The van der Waals surface area contributed by atoms with Crippen LogP contribution in [0.5, 0.6) is 0 Å². The molecule has 0 spiro atoms. The van der Waals surface area contributed by atoms with Gasteiger partial charge in [-0.25, -0.2) is 14.5 Å². The van der Waals surface area contributed by atoms with E-state index in [9.17, 15) is 0 Å². The Hall–Kier alpha value is -3.54. The van der Waals surface area contributed by atoms with Crippen molar-refractivity contribution in [2.24, 2.45) is 0 Å². The van der Waals surface area contributed by atoms with Crippen molar-refractivity contribution in [2.75, 3.05) is 0 Å². The van der Waals surface area contributed by atoms with Crippen molar-refractivity contribution in [3.05, 3.63) is 71.9 Å². The van der Waals surface area contributed by atoms with E-state index in [1.54, 1.807) is 23.2 Å². The average molecular weight is 354 g/mol. The van der Waals surface area contributed by atoms with Gasteiger partial charge in [0.2, 0.25) is 0 Å². The van der Waals surface area contributed by atoms with Gasteiger partial charge in [0, 0.05) is 29.3 Å². The fourth-order valence-corrected chi connectivity index (χ4v) is 3.56. The molecule has 0 amide bonds. The van der Waals surface area contributed by atoms with Gasteiger partial charge in [-0.05, 0) is 56.2 Å². The van der Waals surface area contributed by atoms with Crippen LogP contribution in [-0.4, -0.2) is 29.1 Å². The largest absolute Gasteiger partial charge is 0.298 e. The van der Waals surface area contributed by atoms with Gasteiger partial charge in [0.15, 0.2) is 17.1 Å². The van der Waals surface area contributed by atoms with Crippen LogP contribution >= 0.6 is 0 Å². The Morgan fingerprint density at radius 2 is 1.85 bits per heavy atom. The molecule has 0 unspecified atom stereocenters. The number of pyridine rings is 1. The van der Waals surface area contributed by atoms with Crippen molar-refractivity contribution < 1.29 is 0 Å². The molecule has 0 bridgehead atoms. The minimum atomic E-state index is 0.651. The lowest BCUT2D eigenvalue weighted by atomic mass is 10.2. The molecule has 0 atom stereocenters. The van der Waals surface area contributed by atoms with E-state index in [0.717, 1.165) is 39.2 Å². The van der Waals surface area contributed by atoms with E-state index in [4.69, 9.17) is 9.97 Å². The molecule has 0 N–H and O–H groups in total. The Bertz CT molecular complexity index is 1300. The number of hydrogen-bond donors (Lipinski definition) is 0. The van der Waals surface area contributed by atoms with E-state index in [-0.39, 0.29) is 0 Å². The molecule has 0 aliphatic rings. The zero-order chi connectivity index (χ0) is 18.5. The smallest absolute Gasteiger partial charge is 0.183 e. The third-order valence-corrected chi connectivity index (χ3v) is 5.01. The van der Waals surface area contributed by atoms with Crippen LogP contribution in [0.4, 0.5) is 0 Å². The highest BCUT2D eigenvalue weighted by Crippen LogP contribution is 2.30. The summed E-state index contributed by atoms with van der Waals surface area (Å²) in [6, 6.07) is 12.3. The van der Waals surface area contributed by atoms with Crippen LogP contribution in [-0.2, 0) is 0 Å². The number of aryl methyl sites for hydroxylation is 2. The Morgan fingerprint density at radius 1 is 0.963 bits per heavy atom. The quantitative estimate of drug-likeness (QED) is 0.480. The first-order chi connectivity index (χ1) is 13.1. The zero-order valence-electron chi connectivity index (χ0n) is 15.4. The van der Waals surface area contributed by atoms with E-state index in [2.05, 4.69) is 59.7 Å². The van der Waals surface area contributed by atoms with Gasteiger partial charge in [0.25, 0.3) is 0 Å². The Kier molecular flexibility index (Phi) is 3.33. The lowest BCUT2D eigenvalue weighted by Gasteiger charge is -2.08. The second kappa shape index (κ2) is 5.74. The molecule has 0 aliphatic heterocycles. The van der Waals surface area contributed by atoms with Gasteiger partial charge in [-0.15, -0.1) is 5.10 Å². The summed E-state index contributed by atoms with van der Waals surface area (Å²) in [5.41, 5.74) is 7.24. The minimum Gasteiger partial charge on any atom is -0.298 e. The molecule has 0 aliphatic carbocycles. The van der Waals surface area contributed by atoms with Crippen molar-refractivity contribution in [2.45, 2.75) is 20.8 Å². The molecular formula is C21H18N6. The van der Waals surface area contributed by atoms with Crippen LogP contribution in [0.3, 0.4) is 0 Å². The van der Waals surface area contributed by atoms with Crippen LogP contribution in [0.15, 0.2) is 55.1 Å². The molecule has 5 rings (SSSR count). The summed E-state index contributed by atoms with van der Waals surface area (Å²) in [6.07, 6.45) is 5.25. The van der Waals surface area contributed by atoms with Crippen molar-refractivity contribution in [3.8, 4) is 17.1 Å². The normalized spacial score (nSPS) is 11.5. The highest BCUT2D eigenvalue weighted by molar-refractivity contribution is 5.95. The number of rotatable bonds is 2. The number of benzene rings is 1. The molecule has 0 radical (unpaired) electrons. The van der Waals surface area contributed by atoms with Gasteiger partial charge < -0.3 is 0 Å². The van der Waals surface area contributed by atoms with Crippen molar-refractivity contribution in [3.63, 3.8) is 0 Å². The maximum atomic E-state index is 4.80. The first-order valence-electron chi connectivity index (χ1n) is 8.84. The van der Waals surface area contributed by atoms with Crippen molar-refractivity contribution in [1.29, 1.82) is 0 Å². The lowest BCUT2D eigenvalue weighted by molar-refractivity contribution is 0.926. The molecule has 5 aromatic rings. The number of hydrogen-bond acceptors (Lipinski definition) is 4. The van der Waals surface area contributed by atoms with Gasteiger partial charge in [-0.3, -0.25) is 9.55 Å². The molecule has 4 heterocycles. The highest BCUT2D eigenvalue weighted by Gasteiger charge is 2.19. The minimum absolute atomic E-state index is 0.651. The number of aromatic nitrogens is 6. The second-order valence-electron chi connectivity index (χ2n) is 6.77. The molecule has 6 nitrogen and oxygen atoms in total. The molecule has 0 saturated heterocycles. The van der Waals surface area contributed by atoms with Crippen molar-refractivity contribution in [1.82, 2.24) is 29.1 Å². The van der Waals surface area contributed by atoms with Crippen LogP contribution < -0.4 is 0 Å². The average Bonchev–Trinajstić information content (AvgIpc) is 3.22. The highest BCUT2D eigenvalue weighted by atomic mass is 15.3. The van der Waals surface area contributed by atoms with Gasteiger partial charge in [-0.2, -0.15) is 0 Å². The number of fused-ring (bicyclic) bond motifs is 3. The van der Waals surface area contributed by atoms with E-state index in [1.807, 2.05) is 12.1 Å². The van der Waals surface area contributed by atoms with Gasteiger partial charge >= 0.3 is 0 Å². The van der Waals surface area contributed by atoms with Crippen molar-refractivity contribution >= 4 is 16.7 Å². The topological polar surface area (TPSA) is 60.9 Å². The van der Waals surface area contributed by atoms with E-state index in [0.29, 0.717) is 5.82 Å². The van der Waals surface area contributed by atoms with Gasteiger partial charge in [0.05, 0.1) is 5.39 Å². The third kappa shape index (κ3) is 2.33. The number of nitrogens with zero attached hydrogens (tertiary/aromatic N) is 6. The summed E-state index contributed by atoms with van der Waals surface area (Å²) in [4.78, 5) is 13.7. The molecule has 0 saturated carbocycles. The summed E-state index contributed by atoms with van der Waals surface area (Å²) >= 11 is 0. The summed E-state index contributed by atoms with van der Waals surface area (Å²) in [5.74, 6) is 0.651. The van der Waals surface area contributed by atoms with E-state index >= 15 is 0 Å². The molecule has 6 heteroatoms. The van der Waals surface area contributed by atoms with E-state index < -0.39 is 0 Å². The van der Waals surface area contributed by atoms with Gasteiger partial charge in [-0.1, -0.05) is 12.1 Å². The lowest BCUT2D eigenvalue weighted by Crippen LogP contribution is -1.99.